The van der Waals surface area contributed by atoms with Gasteiger partial charge in [-0.05, 0) is 36.4 Å². The Morgan fingerprint density at radius 2 is 2.04 bits per heavy atom. The van der Waals surface area contributed by atoms with Crippen LogP contribution in [0.5, 0.6) is 5.75 Å². The van der Waals surface area contributed by atoms with Crippen LogP contribution in [0.4, 0.5) is 5.69 Å². The minimum absolute atomic E-state index is 0.0143. The summed E-state index contributed by atoms with van der Waals surface area (Å²) in [6.07, 6.45) is 1.20. The van der Waals surface area contributed by atoms with Gasteiger partial charge in [0.2, 0.25) is 0 Å². The number of methoxy groups -OCH3 is 1. The maximum absolute atomic E-state index is 12.8. The molecule has 2 aromatic rings. The molecule has 2 heterocycles. The minimum atomic E-state index is -0.569. The van der Waals surface area contributed by atoms with Crippen molar-refractivity contribution < 1.29 is 19.2 Å². The van der Waals surface area contributed by atoms with E-state index < -0.39 is 10.8 Å². The molecular formula is C18H19N3O5S. The summed E-state index contributed by atoms with van der Waals surface area (Å²) in [5.41, 5.74) is -0.227. The summed E-state index contributed by atoms with van der Waals surface area (Å²) in [6.45, 7) is 0.838. The summed E-state index contributed by atoms with van der Waals surface area (Å²) in [5, 5.41) is 16.1. The van der Waals surface area contributed by atoms with Gasteiger partial charge in [-0.15, -0.1) is 11.3 Å². The third-order valence-electron chi connectivity index (χ3n) is 4.49. The van der Waals surface area contributed by atoms with Gasteiger partial charge < -0.3 is 15.0 Å². The number of nitrogens with zero attached hydrogens (tertiary/aromatic N) is 2. The van der Waals surface area contributed by atoms with Crippen molar-refractivity contribution in [3.8, 4) is 5.75 Å². The monoisotopic (exact) mass is 389 g/mol. The van der Waals surface area contributed by atoms with Gasteiger partial charge in [0.25, 0.3) is 17.5 Å². The predicted octanol–water partition coefficient (Wildman–Crippen LogP) is 2.70. The maximum Gasteiger partial charge on any atom is 0.282 e. The van der Waals surface area contributed by atoms with Gasteiger partial charge in [-0.1, -0.05) is 6.07 Å². The van der Waals surface area contributed by atoms with Crippen LogP contribution in [-0.2, 0) is 0 Å². The summed E-state index contributed by atoms with van der Waals surface area (Å²) in [5.74, 6) is -0.121. The lowest BCUT2D eigenvalue weighted by atomic mass is 10.0. The van der Waals surface area contributed by atoms with E-state index >= 15 is 0 Å². The third-order valence-corrected chi connectivity index (χ3v) is 5.36. The number of rotatable bonds is 5. The smallest absolute Gasteiger partial charge is 0.282 e. The first-order valence-electron chi connectivity index (χ1n) is 8.45. The number of piperidine rings is 1. The Balaban J connectivity index is 1.65. The van der Waals surface area contributed by atoms with Crippen molar-refractivity contribution in [3.05, 3.63) is 56.3 Å². The molecule has 27 heavy (non-hydrogen) atoms. The summed E-state index contributed by atoms with van der Waals surface area (Å²) in [7, 11) is 1.44. The zero-order valence-corrected chi connectivity index (χ0v) is 15.5. The van der Waals surface area contributed by atoms with Crippen LogP contribution in [0.3, 0.4) is 0 Å². The Morgan fingerprint density at radius 3 is 2.63 bits per heavy atom. The SMILES string of the molecule is COc1ccc([N+](=O)[O-])c(C(=O)N2CCC(NC(=O)c3cccs3)CC2)c1. The van der Waals surface area contributed by atoms with Crippen LogP contribution in [0, 0.1) is 10.1 Å². The molecule has 1 saturated heterocycles. The molecule has 0 radical (unpaired) electrons. The Hall–Kier alpha value is -2.94. The molecule has 1 fully saturated rings. The summed E-state index contributed by atoms with van der Waals surface area (Å²) in [4.78, 5) is 37.8. The number of hydrogen-bond acceptors (Lipinski definition) is 6. The molecule has 0 bridgehead atoms. The molecule has 0 atom stereocenters. The number of amides is 2. The molecule has 0 unspecified atom stereocenters. The lowest BCUT2D eigenvalue weighted by Gasteiger charge is -2.32. The molecule has 0 aliphatic carbocycles. The first-order chi connectivity index (χ1) is 13.0. The summed E-state index contributed by atoms with van der Waals surface area (Å²) in [6, 6.07) is 7.69. The minimum Gasteiger partial charge on any atom is -0.497 e. The number of likely N-dealkylation sites (tertiary alicyclic amines) is 1. The highest BCUT2D eigenvalue weighted by Crippen LogP contribution is 2.26. The van der Waals surface area contributed by atoms with Crippen LogP contribution in [0.25, 0.3) is 0 Å². The van der Waals surface area contributed by atoms with Gasteiger partial charge >= 0.3 is 0 Å². The summed E-state index contributed by atoms with van der Waals surface area (Å²) < 4.78 is 5.08. The van der Waals surface area contributed by atoms with E-state index in [4.69, 9.17) is 4.74 Å². The highest BCUT2D eigenvalue weighted by atomic mass is 32.1. The fourth-order valence-corrected chi connectivity index (χ4v) is 3.66. The molecule has 1 aliphatic heterocycles. The largest absolute Gasteiger partial charge is 0.497 e. The van der Waals surface area contributed by atoms with Gasteiger partial charge in [0.05, 0.1) is 16.9 Å². The molecule has 142 valence electrons. The number of nitrogens with one attached hydrogen (secondary N) is 1. The molecule has 1 aliphatic rings. The van der Waals surface area contributed by atoms with Crippen LogP contribution in [-0.4, -0.2) is 47.9 Å². The fraction of sp³-hybridized carbons (Fsp3) is 0.333. The second kappa shape index (κ2) is 8.17. The molecule has 1 aromatic carbocycles. The predicted molar refractivity (Wildman–Crippen MR) is 100 cm³/mol. The quantitative estimate of drug-likeness (QED) is 0.626. The Morgan fingerprint density at radius 1 is 1.30 bits per heavy atom. The number of carbonyl (C=O) groups is 2. The lowest BCUT2D eigenvalue weighted by Crippen LogP contribution is -2.46. The van der Waals surface area contributed by atoms with Gasteiger partial charge in [0, 0.05) is 25.2 Å². The number of benzene rings is 1. The van der Waals surface area contributed by atoms with E-state index in [1.54, 1.807) is 11.0 Å². The Bertz CT molecular complexity index is 845. The van der Waals surface area contributed by atoms with Crippen molar-refractivity contribution in [3.63, 3.8) is 0 Å². The number of hydrogen-bond donors (Lipinski definition) is 1. The van der Waals surface area contributed by atoms with E-state index in [2.05, 4.69) is 5.32 Å². The highest BCUT2D eigenvalue weighted by Gasteiger charge is 2.29. The molecule has 2 amide bonds. The average molecular weight is 389 g/mol. The number of carbonyl (C=O) groups excluding carboxylic acids is 2. The standard InChI is InChI=1S/C18H19N3O5S/c1-26-13-4-5-15(21(24)25)14(11-13)18(23)20-8-6-12(7-9-20)19-17(22)16-3-2-10-27-16/h2-5,10-12H,6-9H2,1H3,(H,19,22). The van der Waals surface area contributed by atoms with Crippen LogP contribution >= 0.6 is 11.3 Å². The first-order valence-corrected chi connectivity index (χ1v) is 9.33. The van der Waals surface area contributed by atoms with Crippen molar-refractivity contribution in [2.75, 3.05) is 20.2 Å². The van der Waals surface area contributed by atoms with Crippen molar-refractivity contribution in [2.45, 2.75) is 18.9 Å². The molecule has 0 saturated carbocycles. The Labute approximate surface area is 159 Å². The Kier molecular flexibility index (Phi) is 5.70. The molecular weight excluding hydrogens is 370 g/mol. The van der Waals surface area contributed by atoms with Crippen molar-refractivity contribution in [1.82, 2.24) is 10.2 Å². The van der Waals surface area contributed by atoms with Crippen LogP contribution in [0.15, 0.2) is 35.7 Å². The topological polar surface area (TPSA) is 102 Å². The van der Waals surface area contributed by atoms with Crippen LogP contribution < -0.4 is 10.1 Å². The van der Waals surface area contributed by atoms with Crippen molar-refractivity contribution in [1.29, 1.82) is 0 Å². The van der Waals surface area contributed by atoms with Crippen LogP contribution in [0.2, 0.25) is 0 Å². The molecule has 1 N–H and O–H groups in total. The summed E-state index contributed by atoms with van der Waals surface area (Å²) >= 11 is 1.38. The van der Waals surface area contributed by atoms with E-state index in [1.807, 2.05) is 11.4 Å². The second-order valence-electron chi connectivity index (χ2n) is 6.16. The fourth-order valence-electron chi connectivity index (χ4n) is 3.03. The number of thiophene rings is 1. The van der Waals surface area contributed by atoms with Gasteiger partial charge in [0.15, 0.2) is 0 Å². The molecule has 0 spiro atoms. The lowest BCUT2D eigenvalue weighted by molar-refractivity contribution is -0.385. The van der Waals surface area contributed by atoms with Gasteiger partial charge in [0.1, 0.15) is 11.3 Å². The molecule has 1 aromatic heterocycles. The van der Waals surface area contributed by atoms with Crippen LogP contribution in [0.1, 0.15) is 32.9 Å². The average Bonchev–Trinajstić information content (AvgIpc) is 3.22. The number of nitro benzene ring substituents is 1. The second-order valence-corrected chi connectivity index (χ2v) is 7.11. The normalized spacial score (nSPS) is 14.6. The molecule has 9 heteroatoms. The van der Waals surface area contributed by atoms with E-state index in [0.29, 0.717) is 36.6 Å². The first kappa shape index (κ1) is 18.8. The van der Waals surface area contributed by atoms with Gasteiger partial charge in [-0.2, -0.15) is 0 Å². The van der Waals surface area contributed by atoms with Crippen molar-refractivity contribution >= 4 is 28.8 Å². The molecule has 3 rings (SSSR count). The zero-order valence-electron chi connectivity index (χ0n) is 14.7. The molecule has 8 nitrogen and oxygen atoms in total. The van der Waals surface area contributed by atoms with E-state index in [1.165, 1.54) is 36.6 Å². The zero-order chi connectivity index (χ0) is 19.4. The van der Waals surface area contributed by atoms with Crippen molar-refractivity contribution in [2.24, 2.45) is 0 Å². The third kappa shape index (κ3) is 4.25. The number of ether oxygens (including phenoxy) is 1. The van der Waals surface area contributed by atoms with E-state index in [-0.39, 0.29) is 23.2 Å². The van der Waals surface area contributed by atoms with E-state index in [9.17, 15) is 19.7 Å². The highest BCUT2D eigenvalue weighted by molar-refractivity contribution is 7.12. The van der Waals surface area contributed by atoms with E-state index in [0.717, 1.165) is 0 Å². The maximum atomic E-state index is 12.8. The van der Waals surface area contributed by atoms with Gasteiger partial charge in [-0.25, -0.2) is 0 Å². The number of nitro groups is 1. The van der Waals surface area contributed by atoms with Gasteiger partial charge in [-0.3, -0.25) is 19.7 Å².